The largest absolute Gasteiger partial charge is 0.322 e. The lowest BCUT2D eigenvalue weighted by molar-refractivity contribution is -0.117. The molecular weight excluding hydrogens is 398 g/mol. The van der Waals surface area contributed by atoms with Crippen molar-refractivity contribution >= 4 is 45.4 Å². The molecule has 30 heavy (non-hydrogen) atoms. The Labute approximate surface area is 178 Å². The molecule has 1 heterocycles. The zero-order valence-corrected chi connectivity index (χ0v) is 17.2. The van der Waals surface area contributed by atoms with Gasteiger partial charge in [0, 0.05) is 22.9 Å². The minimum absolute atomic E-state index is 0.0109. The lowest BCUT2D eigenvalue weighted by Crippen LogP contribution is -2.16. The molecular formula is C23H21N3O3S. The lowest BCUT2D eigenvalue weighted by Gasteiger charge is -2.12. The summed E-state index contributed by atoms with van der Waals surface area (Å²) in [6, 6.07) is 17.8. The first-order valence-electron chi connectivity index (χ1n) is 9.69. The van der Waals surface area contributed by atoms with Gasteiger partial charge in [0.05, 0.1) is 9.88 Å². The third-order valence-corrected chi connectivity index (χ3v) is 5.88. The molecule has 7 heteroatoms. The van der Waals surface area contributed by atoms with Crippen molar-refractivity contribution in [2.24, 2.45) is 5.92 Å². The molecule has 0 bridgehead atoms. The van der Waals surface area contributed by atoms with Crippen molar-refractivity contribution in [2.45, 2.75) is 19.8 Å². The molecule has 1 aliphatic rings. The molecule has 3 amide bonds. The first kappa shape index (κ1) is 19.8. The van der Waals surface area contributed by atoms with Crippen LogP contribution in [0.5, 0.6) is 0 Å². The molecule has 0 aliphatic heterocycles. The number of amides is 3. The number of nitrogens with one attached hydrogen (secondary N) is 3. The number of hydrogen-bond acceptors (Lipinski definition) is 4. The predicted octanol–water partition coefficient (Wildman–Crippen LogP) is 4.91. The third-order valence-electron chi connectivity index (χ3n) is 4.88. The van der Waals surface area contributed by atoms with Gasteiger partial charge >= 0.3 is 0 Å². The van der Waals surface area contributed by atoms with Gasteiger partial charge in [0.2, 0.25) is 5.91 Å². The molecule has 0 unspecified atom stereocenters. The summed E-state index contributed by atoms with van der Waals surface area (Å²) < 4.78 is 0. The number of carbonyl (C=O) groups excluding carboxylic acids is 3. The van der Waals surface area contributed by atoms with Crippen LogP contribution in [0.3, 0.4) is 0 Å². The molecule has 4 rings (SSSR count). The molecule has 0 saturated heterocycles. The van der Waals surface area contributed by atoms with Crippen LogP contribution in [0.4, 0.5) is 16.4 Å². The van der Waals surface area contributed by atoms with Gasteiger partial charge in [-0.3, -0.25) is 14.4 Å². The number of benzene rings is 2. The summed E-state index contributed by atoms with van der Waals surface area (Å²) in [5.41, 5.74) is 2.44. The fraction of sp³-hybridized carbons (Fsp3) is 0.174. The molecule has 0 radical (unpaired) electrons. The van der Waals surface area contributed by atoms with Crippen LogP contribution in [0.2, 0.25) is 0 Å². The predicted molar refractivity (Wildman–Crippen MR) is 119 cm³/mol. The van der Waals surface area contributed by atoms with Crippen LogP contribution in [0.1, 0.15) is 38.4 Å². The summed E-state index contributed by atoms with van der Waals surface area (Å²) in [7, 11) is 0. The second kappa shape index (κ2) is 8.51. The van der Waals surface area contributed by atoms with Gasteiger partial charge < -0.3 is 16.0 Å². The summed E-state index contributed by atoms with van der Waals surface area (Å²) in [6.07, 6.45) is 1.86. The van der Waals surface area contributed by atoms with Crippen molar-refractivity contribution in [1.82, 2.24) is 0 Å². The maximum atomic E-state index is 12.7. The van der Waals surface area contributed by atoms with E-state index in [1.54, 1.807) is 37.3 Å². The van der Waals surface area contributed by atoms with Crippen LogP contribution in [0.15, 0.2) is 60.7 Å². The maximum Gasteiger partial charge on any atom is 0.265 e. The zero-order chi connectivity index (χ0) is 21.1. The maximum absolute atomic E-state index is 12.7. The Morgan fingerprint density at radius 3 is 2.33 bits per heavy atom. The molecule has 3 aromatic rings. The summed E-state index contributed by atoms with van der Waals surface area (Å²) in [4.78, 5) is 37.7. The number of anilines is 3. The van der Waals surface area contributed by atoms with E-state index in [2.05, 4.69) is 16.0 Å². The topological polar surface area (TPSA) is 87.3 Å². The standard InChI is InChI=1S/C23H21N3O3S/c1-14-17(22(28)24-16-6-3-2-4-7-16)8-5-9-18(14)25-23(29)19-12-13-20(30-19)26-21(27)15-10-11-15/h2-9,12-13,15H,10-11H2,1H3,(H,24,28)(H,25,29)(H,26,27). The van der Waals surface area contributed by atoms with E-state index in [1.165, 1.54) is 11.3 Å². The van der Waals surface area contributed by atoms with Crippen molar-refractivity contribution in [1.29, 1.82) is 0 Å². The summed E-state index contributed by atoms with van der Waals surface area (Å²) in [5, 5.41) is 9.23. The highest BCUT2D eigenvalue weighted by atomic mass is 32.1. The second-order valence-corrected chi connectivity index (χ2v) is 8.26. The Balaban J connectivity index is 1.45. The average Bonchev–Trinajstić information content (AvgIpc) is 3.49. The highest BCUT2D eigenvalue weighted by Gasteiger charge is 2.30. The van der Waals surface area contributed by atoms with Crippen molar-refractivity contribution in [3.63, 3.8) is 0 Å². The SMILES string of the molecule is Cc1c(NC(=O)c2ccc(NC(=O)C3CC3)s2)cccc1C(=O)Nc1ccccc1. The van der Waals surface area contributed by atoms with Gasteiger partial charge in [-0.05, 0) is 61.7 Å². The van der Waals surface area contributed by atoms with Gasteiger partial charge in [-0.25, -0.2) is 0 Å². The molecule has 1 fully saturated rings. The van der Waals surface area contributed by atoms with E-state index in [0.717, 1.165) is 12.8 Å². The molecule has 1 aromatic heterocycles. The van der Waals surface area contributed by atoms with Gasteiger partial charge in [-0.2, -0.15) is 0 Å². The van der Waals surface area contributed by atoms with Crippen LogP contribution in [-0.2, 0) is 4.79 Å². The third kappa shape index (κ3) is 4.58. The van der Waals surface area contributed by atoms with Crippen LogP contribution >= 0.6 is 11.3 Å². The van der Waals surface area contributed by atoms with Gasteiger partial charge in [0.1, 0.15) is 0 Å². The quantitative estimate of drug-likeness (QED) is 0.530. The van der Waals surface area contributed by atoms with Crippen LogP contribution in [0.25, 0.3) is 0 Å². The fourth-order valence-electron chi connectivity index (χ4n) is 3.02. The normalized spacial score (nSPS) is 12.8. The Morgan fingerprint density at radius 2 is 1.60 bits per heavy atom. The average molecular weight is 420 g/mol. The smallest absolute Gasteiger partial charge is 0.265 e. The van der Waals surface area contributed by atoms with E-state index >= 15 is 0 Å². The number of carbonyl (C=O) groups is 3. The fourth-order valence-corrected chi connectivity index (χ4v) is 3.82. The van der Waals surface area contributed by atoms with Crippen LogP contribution < -0.4 is 16.0 Å². The Hall–Kier alpha value is -3.45. The zero-order valence-electron chi connectivity index (χ0n) is 16.4. The van der Waals surface area contributed by atoms with Gasteiger partial charge in [-0.15, -0.1) is 11.3 Å². The number of rotatable bonds is 6. The monoisotopic (exact) mass is 419 g/mol. The molecule has 0 spiro atoms. The molecule has 152 valence electrons. The molecule has 1 saturated carbocycles. The summed E-state index contributed by atoms with van der Waals surface area (Å²) >= 11 is 1.23. The minimum atomic E-state index is -0.282. The van der Waals surface area contributed by atoms with Crippen molar-refractivity contribution in [3.05, 3.63) is 76.7 Å². The van der Waals surface area contributed by atoms with Crippen molar-refractivity contribution in [2.75, 3.05) is 16.0 Å². The lowest BCUT2D eigenvalue weighted by atomic mass is 10.1. The van der Waals surface area contributed by atoms with E-state index in [4.69, 9.17) is 0 Å². The Bertz CT molecular complexity index is 1100. The molecule has 3 N–H and O–H groups in total. The van der Waals surface area contributed by atoms with Crippen LogP contribution in [0, 0.1) is 12.8 Å². The highest BCUT2D eigenvalue weighted by Crippen LogP contribution is 2.32. The summed E-state index contributed by atoms with van der Waals surface area (Å²) in [5.74, 6) is -0.403. The molecule has 2 aromatic carbocycles. The minimum Gasteiger partial charge on any atom is -0.322 e. The first-order chi connectivity index (χ1) is 14.5. The van der Waals surface area contributed by atoms with E-state index in [1.807, 2.05) is 30.3 Å². The molecule has 0 atom stereocenters. The molecule has 6 nitrogen and oxygen atoms in total. The van der Waals surface area contributed by atoms with Crippen LogP contribution in [-0.4, -0.2) is 17.7 Å². The molecule has 1 aliphatic carbocycles. The van der Waals surface area contributed by atoms with E-state index in [-0.39, 0.29) is 23.6 Å². The Kier molecular flexibility index (Phi) is 5.63. The second-order valence-electron chi connectivity index (χ2n) is 7.18. The van der Waals surface area contributed by atoms with E-state index in [9.17, 15) is 14.4 Å². The van der Waals surface area contributed by atoms with Crippen molar-refractivity contribution < 1.29 is 14.4 Å². The van der Waals surface area contributed by atoms with Gasteiger partial charge in [-0.1, -0.05) is 24.3 Å². The highest BCUT2D eigenvalue weighted by molar-refractivity contribution is 7.18. The van der Waals surface area contributed by atoms with Gasteiger partial charge in [0.25, 0.3) is 11.8 Å². The first-order valence-corrected chi connectivity index (χ1v) is 10.5. The number of hydrogen-bond donors (Lipinski definition) is 3. The summed E-state index contributed by atoms with van der Waals surface area (Å²) in [6.45, 7) is 1.80. The number of thiophene rings is 1. The number of para-hydroxylation sites is 1. The van der Waals surface area contributed by atoms with E-state index < -0.39 is 0 Å². The van der Waals surface area contributed by atoms with E-state index in [0.29, 0.717) is 32.4 Å². The van der Waals surface area contributed by atoms with Crippen molar-refractivity contribution in [3.8, 4) is 0 Å². The Morgan fingerprint density at radius 1 is 0.833 bits per heavy atom. The van der Waals surface area contributed by atoms with Gasteiger partial charge in [0.15, 0.2) is 0 Å².